The zero-order valence-electron chi connectivity index (χ0n) is 12.7. The van der Waals surface area contributed by atoms with Crippen LogP contribution in [0.1, 0.15) is 30.0 Å². The Hall–Kier alpha value is -2.82. The van der Waals surface area contributed by atoms with E-state index in [9.17, 15) is 4.79 Å². The van der Waals surface area contributed by atoms with E-state index < -0.39 is 0 Å². The van der Waals surface area contributed by atoms with Crippen LogP contribution in [0.5, 0.6) is 0 Å². The maximum Gasteiger partial charge on any atom is 0.220 e. The molecule has 4 rings (SSSR count). The number of carbonyl (C=O) groups excluding carboxylic acids is 1. The lowest BCUT2D eigenvalue weighted by Crippen LogP contribution is -2.18. The average molecular weight is 306 g/mol. The average Bonchev–Trinajstić information content (AvgIpc) is 3.22. The molecule has 5 heteroatoms. The van der Waals surface area contributed by atoms with Gasteiger partial charge in [-0.1, -0.05) is 12.1 Å². The SMILES string of the molecule is O=C1CCC(c2cccc(NCc3ccnc4[nH]ccc34)c2)N1. The highest BCUT2D eigenvalue weighted by Crippen LogP contribution is 2.26. The first-order valence-corrected chi connectivity index (χ1v) is 7.84. The molecular weight excluding hydrogens is 288 g/mol. The van der Waals surface area contributed by atoms with Crippen LogP contribution >= 0.6 is 0 Å². The molecule has 0 spiro atoms. The molecule has 1 atom stereocenters. The number of rotatable bonds is 4. The third-order valence-electron chi connectivity index (χ3n) is 4.32. The molecule has 1 unspecified atom stereocenters. The molecule has 3 heterocycles. The van der Waals surface area contributed by atoms with Crippen LogP contribution in [-0.4, -0.2) is 15.9 Å². The predicted molar refractivity (Wildman–Crippen MR) is 90.0 cm³/mol. The molecule has 0 saturated carbocycles. The lowest BCUT2D eigenvalue weighted by atomic mass is 10.0. The molecule has 1 fully saturated rings. The fraction of sp³-hybridized carbons (Fsp3) is 0.222. The first-order valence-electron chi connectivity index (χ1n) is 7.84. The third-order valence-corrected chi connectivity index (χ3v) is 4.32. The molecule has 3 aromatic rings. The van der Waals surface area contributed by atoms with Crippen molar-refractivity contribution in [1.29, 1.82) is 0 Å². The van der Waals surface area contributed by atoms with E-state index in [1.54, 1.807) is 0 Å². The second kappa shape index (κ2) is 5.76. The molecule has 3 N–H and O–H groups in total. The number of nitrogens with one attached hydrogen (secondary N) is 3. The highest BCUT2D eigenvalue weighted by Gasteiger charge is 2.22. The fourth-order valence-electron chi connectivity index (χ4n) is 3.10. The number of anilines is 1. The Labute approximate surface area is 134 Å². The van der Waals surface area contributed by atoms with Gasteiger partial charge in [0.15, 0.2) is 0 Å². The van der Waals surface area contributed by atoms with Gasteiger partial charge in [-0.05, 0) is 41.8 Å². The van der Waals surface area contributed by atoms with Gasteiger partial charge >= 0.3 is 0 Å². The molecule has 1 aliphatic heterocycles. The maximum absolute atomic E-state index is 11.4. The summed E-state index contributed by atoms with van der Waals surface area (Å²) < 4.78 is 0. The van der Waals surface area contributed by atoms with Gasteiger partial charge in [-0.15, -0.1) is 0 Å². The van der Waals surface area contributed by atoms with E-state index in [1.165, 1.54) is 5.56 Å². The Morgan fingerprint density at radius 3 is 3.09 bits per heavy atom. The molecule has 5 nitrogen and oxygen atoms in total. The van der Waals surface area contributed by atoms with Crippen molar-refractivity contribution >= 4 is 22.6 Å². The zero-order chi connectivity index (χ0) is 15.6. The number of H-pyrrole nitrogens is 1. The fourth-order valence-corrected chi connectivity index (χ4v) is 3.10. The summed E-state index contributed by atoms with van der Waals surface area (Å²) in [5.41, 5.74) is 4.33. The predicted octanol–water partition coefficient (Wildman–Crippen LogP) is 3.13. The van der Waals surface area contributed by atoms with E-state index in [1.807, 2.05) is 30.6 Å². The van der Waals surface area contributed by atoms with Gasteiger partial charge in [-0.2, -0.15) is 0 Å². The van der Waals surface area contributed by atoms with Gasteiger partial charge < -0.3 is 15.6 Å². The normalized spacial score (nSPS) is 17.4. The van der Waals surface area contributed by atoms with Crippen LogP contribution in [0, 0.1) is 0 Å². The van der Waals surface area contributed by atoms with Gasteiger partial charge in [-0.25, -0.2) is 4.98 Å². The topological polar surface area (TPSA) is 69.8 Å². The van der Waals surface area contributed by atoms with Crippen molar-refractivity contribution < 1.29 is 4.79 Å². The van der Waals surface area contributed by atoms with Gasteiger partial charge in [0.25, 0.3) is 0 Å². The van der Waals surface area contributed by atoms with E-state index in [-0.39, 0.29) is 11.9 Å². The monoisotopic (exact) mass is 306 g/mol. The Morgan fingerprint density at radius 1 is 1.26 bits per heavy atom. The number of carbonyl (C=O) groups is 1. The number of aromatic nitrogens is 2. The number of benzene rings is 1. The summed E-state index contributed by atoms with van der Waals surface area (Å²) in [4.78, 5) is 18.8. The van der Waals surface area contributed by atoms with Gasteiger partial charge in [0.05, 0.1) is 6.04 Å². The number of nitrogens with zero attached hydrogens (tertiary/aromatic N) is 1. The van der Waals surface area contributed by atoms with E-state index in [2.05, 4.69) is 38.8 Å². The van der Waals surface area contributed by atoms with Crippen molar-refractivity contribution in [2.45, 2.75) is 25.4 Å². The summed E-state index contributed by atoms with van der Waals surface area (Å²) >= 11 is 0. The second-order valence-electron chi connectivity index (χ2n) is 5.85. The number of hydrogen-bond acceptors (Lipinski definition) is 3. The van der Waals surface area contributed by atoms with Gasteiger partial charge in [-0.3, -0.25) is 4.79 Å². The Morgan fingerprint density at radius 2 is 2.22 bits per heavy atom. The van der Waals surface area contributed by atoms with E-state index in [0.29, 0.717) is 6.42 Å². The molecule has 2 aromatic heterocycles. The number of fused-ring (bicyclic) bond motifs is 1. The van der Waals surface area contributed by atoms with E-state index in [0.717, 1.165) is 35.2 Å². The molecule has 1 saturated heterocycles. The van der Waals surface area contributed by atoms with Crippen LogP contribution in [0.25, 0.3) is 11.0 Å². The first-order chi connectivity index (χ1) is 11.3. The number of aromatic amines is 1. The quantitative estimate of drug-likeness (QED) is 0.693. The molecular formula is C18H18N4O. The minimum Gasteiger partial charge on any atom is -0.381 e. The van der Waals surface area contributed by atoms with Crippen LogP contribution in [-0.2, 0) is 11.3 Å². The highest BCUT2D eigenvalue weighted by molar-refractivity contribution is 5.79. The summed E-state index contributed by atoms with van der Waals surface area (Å²) in [6, 6.07) is 12.5. The summed E-state index contributed by atoms with van der Waals surface area (Å²) in [5.74, 6) is 0.139. The van der Waals surface area contributed by atoms with Crippen molar-refractivity contribution in [3.8, 4) is 0 Å². The Kier molecular flexibility index (Phi) is 3.46. The molecule has 23 heavy (non-hydrogen) atoms. The maximum atomic E-state index is 11.4. The van der Waals surface area contributed by atoms with Gasteiger partial charge in [0, 0.05) is 36.4 Å². The first kappa shape index (κ1) is 13.8. The minimum atomic E-state index is 0.139. The molecule has 0 bridgehead atoms. The van der Waals surface area contributed by atoms with Crippen LogP contribution in [0.2, 0.25) is 0 Å². The lowest BCUT2D eigenvalue weighted by molar-refractivity contribution is -0.119. The Bertz CT molecular complexity index is 855. The molecule has 1 aromatic carbocycles. The molecule has 1 amide bonds. The van der Waals surface area contributed by atoms with Crippen LogP contribution in [0.3, 0.4) is 0 Å². The summed E-state index contributed by atoms with van der Waals surface area (Å²) in [5, 5.41) is 7.61. The van der Waals surface area contributed by atoms with Crippen molar-refractivity contribution in [3.05, 3.63) is 59.9 Å². The highest BCUT2D eigenvalue weighted by atomic mass is 16.1. The summed E-state index contributed by atoms with van der Waals surface area (Å²) in [7, 11) is 0. The number of amides is 1. The van der Waals surface area contributed by atoms with Crippen molar-refractivity contribution in [3.63, 3.8) is 0 Å². The van der Waals surface area contributed by atoms with E-state index >= 15 is 0 Å². The number of pyridine rings is 1. The van der Waals surface area contributed by atoms with Crippen molar-refractivity contribution in [2.24, 2.45) is 0 Å². The molecule has 116 valence electrons. The van der Waals surface area contributed by atoms with Crippen LogP contribution in [0.4, 0.5) is 5.69 Å². The molecule has 0 aliphatic carbocycles. The minimum absolute atomic E-state index is 0.139. The molecule has 0 radical (unpaired) electrons. The van der Waals surface area contributed by atoms with Crippen molar-refractivity contribution in [2.75, 3.05) is 5.32 Å². The second-order valence-corrected chi connectivity index (χ2v) is 5.85. The lowest BCUT2D eigenvalue weighted by Gasteiger charge is -2.13. The van der Waals surface area contributed by atoms with Gasteiger partial charge in [0.2, 0.25) is 5.91 Å². The standard InChI is InChI=1S/C18H18N4O/c23-17-5-4-16(22-17)12-2-1-3-14(10-12)21-11-13-6-8-19-18-15(13)7-9-20-18/h1-3,6-10,16,21H,4-5,11H2,(H,19,20)(H,22,23). The van der Waals surface area contributed by atoms with Gasteiger partial charge in [0.1, 0.15) is 5.65 Å². The smallest absolute Gasteiger partial charge is 0.220 e. The third kappa shape index (κ3) is 2.77. The largest absolute Gasteiger partial charge is 0.381 e. The van der Waals surface area contributed by atoms with E-state index in [4.69, 9.17) is 0 Å². The number of hydrogen-bond donors (Lipinski definition) is 3. The molecule has 1 aliphatic rings. The summed E-state index contributed by atoms with van der Waals surface area (Å²) in [6.07, 6.45) is 5.21. The van der Waals surface area contributed by atoms with Crippen molar-refractivity contribution in [1.82, 2.24) is 15.3 Å². The van der Waals surface area contributed by atoms with Crippen LogP contribution < -0.4 is 10.6 Å². The zero-order valence-corrected chi connectivity index (χ0v) is 12.7. The van der Waals surface area contributed by atoms with Crippen LogP contribution in [0.15, 0.2) is 48.8 Å². The Balaban J connectivity index is 1.51. The summed E-state index contributed by atoms with van der Waals surface area (Å²) in [6.45, 7) is 0.733.